The van der Waals surface area contributed by atoms with Gasteiger partial charge in [-0.2, -0.15) is 0 Å². The lowest BCUT2D eigenvalue weighted by Crippen LogP contribution is -2.45. The van der Waals surface area contributed by atoms with Crippen LogP contribution in [0.3, 0.4) is 0 Å². The standard InChI is InChI=1S/C35H44FN5O3/c1-23-29-7-3-5-25(12-14-31(36)44-2)34(29)40-33(23)28-6-4-18-41(22-28)35(30(37)16-19-42)26-10-8-24(9-11-26)27-13-15-32(39-21-27)38-17-20-43/h3,5,7-11,13,15,19,21,28,30-31,35,40,43H,4,6,12,14,16-18,20,22,37H2,1-2H3,(H,38,39)/t28-,30?,31?,35?/m1/s1. The van der Waals surface area contributed by atoms with Crippen LogP contribution in [0.1, 0.15) is 60.0 Å². The molecule has 4 aromatic rings. The third-order valence-electron chi connectivity index (χ3n) is 8.91. The highest BCUT2D eigenvalue weighted by atomic mass is 19.1. The number of benzene rings is 2. The Bertz CT molecular complexity index is 1510. The topological polar surface area (TPSA) is 116 Å². The highest BCUT2D eigenvalue weighted by molar-refractivity contribution is 5.87. The first-order chi connectivity index (χ1) is 21.4. The lowest BCUT2D eigenvalue weighted by atomic mass is 9.88. The molecular weight excluding hydrogens is 557 g/mol. The van der Waals surface area contributed by atoms with E-state index in [9.17, 15) is 9.18 Å². The van der Waals surface area contributed by atoms with Crippen LogP contribution in [0.5, 0.6) is 0 Å². The molecule has 2 aromatic carbocycles. The second kappa shape index (κ2) is 14.9. The van der Waals surface area contributed by atoms with Crippen molar-refractivity contribution in [2.24, 2.45) is 5.73 Å². The van der Waals surface area contributed by atoms with E-state index in [2.05, 4.69) is 63.5 Å². The van der Waals surface area contributed by atoms with Crippen molar-refractivity contribution >= 4 is 23.0 Å². The highest BCUT2D eigenvalue weighted by Gasteiger charge is 2.33. The SMILES string of the molecule is COC(F)CCc1cccc2c(C)c([C@@H]3CCCN(C(c4ccc(-c5ccc(NCCO)nc5)cc4)C(N)CC=O)C3)[nH]c12. The van der Waals surface area contributed by atoms with Crippen molar-refractivity contribution in [1.82, 2.24) is 14.9 Å². The molecule has 4 atom stereocenters. The van der Waals surface area contributed by atoms with Gasteiger partial charge in [0.15, 0.2) is 6.36 Å². The number of methoxy groups -OCH3 is 1. The number of aryl methyl sites for hydroxylation is 2. The lowest BCUT2D eigenvalue weighted by Gasteiger charge is -2.41. The lowest BCUT2D eigenvalue weighted by molar-refractivity contribution is -0.108. The molecule has 0 aliphatic carbocycles. The molecule has 234 valence electrons. The number of hydrogen-bond acceptors (Lipinski definition) is 7. The van der Waals surface area contributed by atoms with Gasteiger partial charge in [-0.3, -0.25) is 4.90 Å². The summed E-state index contributed by atoms with van der Waals surface area (Å²) in [6, 6.07) is 18.1. The smallest absolute Gasteiger partial charge is 0.198 e. The molecule has 44 heavy (non-hydrogen) atoms. The van der Waals surface area contributed by atoms with E-state index in [0.717, 1.165) is 65.8 Å². The normalized spacial score (nSPS) is 17.8. The summed E-state index contributed by atoms with van der Waals surface area (Å²) in [5, 5.41) is 13.3. The molecule has 5 N–H and O–H groups in total. The maximum Gasteiger partial charge on any atom is 0.198 e. The Morgan fingerprint density at radius 3 is 2.70 bits per heavy atom. The molecule has 1 aliphatic rings. The summed E-state index contributed by atoms with van der Waals surface area (Å²) >= 11 is 0. The number of halogens is 1. The second-order valence-corrected chi connectivity index (χ2v) is 11.7. The van der Waals surface area contributed by atoms with Crippen LogP contribution in [0.25, 0.3) is 22.0 Å². The van der Waals surface area contributed by atoms with Crippen LogP contribution in [-0.4, -0.2) is 72.0 Å². The third kappa shape index (κ3) is 7.18. The van der Waals surface area contributed by atoms with Gasteiger partial charge in [0.05, 0.1) is 12.6 Å². The molecule has 0 bridgehead atoms. The quantitative estimate of drug-likeness (QED) is 0.138. The predicted octanol–water partition coefficient (Wildman–Crippen LogP) is 5.65. The van der Waals surface area contributed by atoms with E-state index in [-0.39, 0.29) is 31.0 Å². The molecule has 0 radical (unpaired) electrons. The summed E-state index contributed by atoms with van der Waals surface area (Å²) in [7, 11) is 1.40. The number of carbonyl (C=O) groups excluding carboxylic acids is 1. The average Bonchev–Trinajstić information content (AvgIpc) is 3.40. The molecule has 3 unspecified atom stereocenters. The van der Waals surface area contributed by atoms with Crippen molar-refractivity contribution in [3.05, 3.63) is 83.2 Å². The van der Waals surface area contributed by atoms with Crippen molar-refractivity contribution in [1.29, 1.82) is 0 Å². The fourth-order valence-corrected chi connectivity index (χ4v) is 6.63. The number of nitrogens with one attached hydrogen (secondary N) is 2. The molecular formula is C35H44FN5O3. The molecule has 1 fully saturated rings. The zero-order valence-electron chi connectivity index (χ0n) is 25.6. The number of aldehydes is 1. The van der Waals surface area contributed by atoms with Crippen LogP contribution in [-0.2, 0) is 16.0 Å². The third-order valence-corrected chi connectivity index (χ3v) is 8.91. The number of aromatic amines is 1. The number of aliphatic hydroxyl groups excluding tert-OH is 1. The molecule has 9 heteroatoms. The Labute approximate surface area is 258 Å². The molecule has 2 aromatic heterocycles. The minimum absolute atomic E-state index is 0.0512. The largest absolute Gasteiger partial charge is 0.395 e. The van der Waals surface area contributed by atoms with Crippen LogP contribution in [0, 0.1) is 6.92 Å². The zero-order chi connectivity index (χ0) is 31.1. The fraction of sp³-hybridized carbons (Fsp3) is 0.429. The van der Waals surface area contributed by atoms with Crippen LogP contribution < -0.4 is 11.1 Å². The number of alkyl halides is 1. The minimum Gasteiger partial charge on any atom is -0.395 e. The van der Waals surface area contributed by atoms with Gasteiger partial charge in [-0.05, 0) is 67.1 Å². The summed E-state index contributed by atoms with van der Waals surface area (Å²) in [6.45, 7) is 4.40. The van der Waals surface area contributed by atoms with Crippen LogP contribution in [0.4, 0.5) is 10.2 Å². The van der Waals surface area contributed by atoms with Gasteiger partial charge in [0.1, 0.15) is 12.1 Å². The second-order valence-electron chi connectivity index (χ2n) is 11.7. The summed E-state index contributed by atoms with van der Waals surface area (Å²) < 4.78 is 18.7. The number of pyridine rings is 1. The van der Waals surface area contributed by atoms with Gasteiger partial charge in [0.25, 0.3) is 0 Å². The van der Waals surface area contributed by atoms with E-state index < -0.39 is 6.36 Å². The number of rotatable bonds is 14. The maximum absolute atomic E-state index is 13.9. The number of ether oxygens (including phenoxy) is 1. The number of piperidine rings is 1. The van der Waals surface area contributed by atoms with Gasteiger partial charge in [-0.15, -0.1) is 0 Å². The number of nitrogens with two attached hydrogens (primary N) is 1. The van der Waals surface area contributed by atoms with Crippen molar-refractivity contribution in [3.63, 3.8) is 0 Å². The number of nitrogens with zero attached hydrogens (tertiary/aromatic N) is 2. The summed E-state index contributed by atoms with van der Waals surface area (Å²) in [5.41, 5.74) is 14.5. The van der Waals surface area contributed by atoms with Crippen LogP contribution in [0.15, 0.2) is 60.8 Å². The Morgan fingerprint density at radius 2 is 2.00 bits per heavy atom. The molecule has 0 saturated carbocycles. The minimum atomic E-state index is -1.27. The van der Waals surface area contributed by atoms with Gasteiger partial charge >= 0.3 is 0 Å². The number of fused-ring (bicyclic) bond motifs is 1. The Balaban J connectivity index is 1.37. The number of aromatic nitrogens is 2. The van der Waals surface area contributed by atoms with E-state index >= 15 is 0 Å². The van der Waals surface area contributed by atoms with E-state index in [1.807, 2.05) is 24.4 Å². The van der Waals surface area contributed by atoms with Gasteiger partial charge in [0.2, 0.25) is 0 Å². The Kier molecular flexibility index (Phi) is 10.8. The van der Waals surface area contributed by atoms with Crippen molar-refractivity contribution in [2.45, 2.75) is 63.4 Å². The predicted molar refractivity (Wildman–Crippen MR) is 173 cm³/mol. The molecule has 5 rings (SSSR count). The average molecular weight is 602 g/mol. The van der Waals surface area contributed by atoms with Crippen LogP contribution in [0.2, 0.25) is 0 Å². The summed E-state index contributed by atoms with van der Waals surface area (Å²) in [4.78, 5) is 22.2. The van der Waals surface area contributed by atoms with Crippen molar-refractivity contribution in [2.75, 3.05) is 38.7 Å². The number of H-pyrrole nitrogens is 1. The molecule has 0 amide bonds. The zero-order valence-corrected chi connectivity index (χ0v) is 25.6. The number of likely N-dealkylation sites (tertiary alicyclic amines) is 1. The highest BCUT2D eigenvalue weighted by Crippen LogP contribution is 2.38. The molecule has 3 heterocycles. The van der Waals surface area contributed by atoms with Gasteiger partial charge in [0, 0.05) is 73.4 Å². The first-order valence-electron chi connectivity index (χ1n) is 15.5. The summed E-state index contributed by atoms with van der Waals surface area (Å²) in [6.07, 6.45) is 4.74. The van der Waals surface area contributed by atoms with E-state index in [1.165, 1.54) is 23.8 Å². The Hall–Kier alpha value is -3.63. The molecule has 1 aliphatic heterocycles. The van der Waals surface area contributed by atoms with E-state index in [1.54, 1.807) is 0 Å². The van der Waals surface area contributed by atoms with Gasteiger partial charge in [-0.25, -0.2) is 9.37 Å². The number of anilines is 1. The molecule has 0 spiro atoms. The monoisotopic (exact) mass is 601 g/mol. The molecule has 1 saturated heterocycles. The van der Waals surface area contributed by atoms with E-state index in [4.69, 9.17) is 15.6 Å². The first kappa shape index (κ1) is 31.8. The number of para-hydroxylation sites is 1. The molecule has 8 nitrogen and oxygen atoms in total. The fourth-order valence-electron chi connectivity index (χ4n) is 6.63. The van der Waals surface area contributed by atoms with Crippen LogP contribution >= 0.6 is 0 Å². The number of hydrogen-bond donors (Lipinski definition) is 4. The van der Waals surface area contributed by atoms with Crippen molar-refractivity contribution in [3.8, 4) is 11.1 Å². The maximum atomic E-state index is 13.9. The van der Waals surface area contributed by atoms with Gasteiger partial charge in [-0.1, -0.05) is 42.5 Å². The van der Waals surface area contributed by atoms with Gasteiger partial charge < -0.3 is 30.7 Å². The summed E-state index contributed by atoms with van der Waals surface area (Å²) in [5.74, 6) is 1.01. The first-order valence-corrected chi connectivity index (χ1v) is 15.5. The van der Waals surface area contributed by atoms with Crippen molar-refractivity contribution < 1.29 is 19.0 Å². The van der Waals surface area contributed by atoms with E-state index in [0.29, 0.717) is 19.4 Å². The number of carbonyl (C=O) groups is 1. The number of aliphatic hydroxyl groups is 1. The Morgan fingerprint density at radius 1 is 1.20 bits per heavy atom.